The summed E-state index contributed by atoms with van der Waals surface area (Å²) in [6, 6.07) is 3.40. The van der Waals surface area contributed by atoms with Crippen LogP contribution < -0.4 is 5.32 Å². The van der Waals surface area contributed by atoms with Gasteiger partial charge < -0.3 is 10.4 Å². The zero-order chi connectivity index (χ0) is 11.4. The minimum absolute atomic E-state index is 0.436. The second kappa shape index (κ2) is 5.05. The Morgan fingerprint density at radius 2 is 2.56 bits per heavy atom. The van der Waals surface area contributed by atoms with Gasteiger partial charge in [-0.3, -0.25) is 14.7 Å². The number of nitrogens with one attached hydrogen (secondary N) is 1. The Morgan fingerprint density at radius 1 is 1.69 bits per heavy atom. The average molecular weight is 221 g/mol. The van der Waals surface area contributed by atoms with E-state index in [1.54, 1.807) is 12.4 Å². The Labute approximate surface area is 94.1 Å². The lowest BCUT2D eigenvalue weighted by Gasteiger charge is -2.33. The average Bonchev–Trinajstić information content (AvgIpc) is 2.31. The molecule has 0 radical (unpaired) electrons. The van der Waals surface area contributed by atoms with Crippen LogP contribution in [0.1, 0.15) is 5.56 Å². The first-order valence-electron chi connectivity index (χ1n) is 5.34. The Balaban J connectivity index is 2.04. The van der Waals surface area contributed by atoms with E-state index in [1.165, 1.54) is 0 Å². The molecule has 1 atom stereocenters. The van der Waals surface area contributed by atoms with Gasteiger partial charge in [-0.25, -0.2) is 0 Å². The van der Waals surface area contributed by atoms with Crippen molar-refractivity contribution in [3.8, 4) is 0 Å². The van der Waals surface area contributed by atoms with E-state index in [-0.39, 0.29) is 0 Å². The van der Waals surface area contributed by atoms with Crippen LogP contribution in [0.2, 0.25) is 0 Å². The molecule has 0 spiro atoms. The van der Waals surface area contributed by atoms with E-state index < -0.39 is 12.0 Å². The van der Waals surface area contributed by atoms with Gasteiger partial charge in [0.05, 0.1) is 0 Å². The molecular formula is C11H15N3O2. The number of nitrogens with zero attached hydrogens (tertiary/aromatic N) is 2. The fourth-order valence-corrected chi connectivity index (χ4v) is 1.91. The lowest BCUT2D eigenvalue weighted by molar-refractivity contribution is -0.144. The summed E-state index contributed by atoms with van der Waals surface area (Å²) < 4.78 is 0. The smallest absolute Gasteiger partial charge is 0.322 e. The lowest BCUT2D eigenvalue weighted by Crippen LogP contribution is -2.54. The molecule has 86 valence electrons. The molecule has 2 rings (SSSR count). The quantitative estimate of drug-likeness (QED) is 0.748. The van der Waals surface area contributed by atoms with E-state index in [1.807, 2.05) is 17.0 Å². The molecule has 5 heteroatoms. The van der Waals surface area contributed by atoms with Crippen LogP contribution in [0.3, 0.4) is 0 Å². The number of carboxylic acids is 1. The minimum atomic E-state index is -0.768. The third kappa shape index (κ3) is 2.56. The normalized spacial score (nSPS) is 21.9. The van der Waals surface area contributed by atoms with Crippen molar-refractivity contribution in [3.05, 3.63) is 30.1 Å². The first-order chi connectivity index (χ1) is 7.77. The zero-order valence-corrected chi connectivity index (χ0v) is 8.97. The molecule has 0 saturated carbocycles. The van der Waals surface area contributed by atoms with Gasteiger partial charge in [0, 0.05) is 38.6 Å². The van der Waals surface area contributed by atoms with Crippen LogP contribution in [0.4, 0.5) is 0 Å². The first kappa shape index (κ1) is 11.0. The van der Waals surface area contributed by atoms with Crippen molar-refractivity contribution < 1.29 is 9.90 Å². The summed E-state index contributed by atoms with van der Waals surface area (Å²) in [6.45, 7) is 2.75. The topological polar surface area (TPSA) is 65.5 Å². The Kier molecular flexibility index (Phi) is 3.48. The lowest BCUT2D eigenvalue weighted by atomic mass is 10.1. The molecule has 1 aliphatic heterocycles. The summed E-state index contributed by atoms with van der Waals surface area (Å²) in [5, 5.41) is 12.2. The number of aromatic nitrogens is 1. The summed E-state index contributed by atoms with van der Waals surface area (Å²) >= 11 is 0. The van der Waals surface area contributed by atoms with Crippen LogP contribution in [0, 0.1) is 0 Å². The van der Waals surface area contributed by atoms with Crippen molar-refractivity contribution in [2.24, 2.45) is 0 Å². The van der Waals surface area contributed by atoms with E-state index in [4.69, 9.17) is 5.11 Å². The highest BCUT2D eigenvalue weighted by Gasteiger charge is 2.27. The number of pyridine rings is 1. The largest absolute Gasteiger partial charge is 0.480 e. The van der Waals surface area contributed by atoms with E-state index in [0.29, 0.717) is 13.1 Å². The van der Waals surface area contributed by atoms with E-state index >= 15 is 0 Å². The fourth-order valence-electron chi connectivity index (χ4n) is 1.91. The second-order valence-corrected chi connectivity index (χ2v) is 3.89. The summed E-state index contributed by atoms with van der Waals surface area (Å²) in [6.07, 6.45) is 3.50. The van der Waals surface area contributed by atoms with Gasteiger partial charge in [0.15, 0.2) is 0 Å². The number of aliphatic carboxylic acids is 1. The third-order valence-electron chi connectivity index (χ3n) is 2.75. The van der Waals surface area contributed by atoms with Crippen LogP contribution in [-0.4, -0.2) is 46.6 Å². The molecule has 0 amide bonds. The first-order valence-corrected chi connectivity index (χ1v) is 5.34. The number of hydrogen-bond donors (Lipinski definition) is 2. The molecule has 1 aliphatic rings. The van der Waals surface area contributed by atoms with Gasteiger partial charge in [-0.2, -0.15) is 0 Å². The molecule has 1 fully saturated rings. The van der Waals surface area contributed by atoms with Gasteiger partial charge in [-0.15, -0.1) is 0 Å². The molecule has 16 heavy (non-hydrogen) atoms. The SMILES string of the molecule is O=C(O)C1CNCCN1Cc1cccnc1. The molecule has 1 unspecified atom stereocenters. The fraction of sp³-hybridized carbons (Fsp3) is 0.455. The standard InChI is InChI=1S/C11H15N3O2/c15-11(16)10-7-13-4-5-14(10)8-9-2-1-3-12-6-9/h1-3,6,10,13H,4-5,7-8H2,(H,15,16). The predicted molar refractivity (Wildman–Crippen MR) is 58.9 cm³/mol. The Hall–Kier alpha value is -1.46. The Bertz CT molecular complexity index is 356. The van der Waals surface area contributed by atoms with E-state index in [0.717, 1.165) is 18.7 Å². The second-order valence-electron chi connectivity index (χ2n) is 3.89. The van der Waals surface area contributed by atoms with Gasteiger partial charge in [0.1, 0.15) is 6.04 Å². The van der Waals surface area contributed by atoms with Gasteiger partial charge in [0.25, 0.3) is 0 Å². The van der Waals surface area contributed by atoms with Crippen molar-refractivity contribution in [1.82, 2.24) is 15.2 Å². The third-order valence-corrected chi connectivity index (χ3v) is 2.75. The van der Waals surface area contributed by atoms with Crippen LogP contribution in [0.5, 0.6) is 0 Å². The van der Waals surface area contributed by atoms with Crippen LogP contribution in [0.15, 0.2) is 24.5 Å². The van der Waals surface area contributed by atoms with Gasteiger partial charge in [-0.05, 0) is 11.6 Å². The number of piperazine rings is 1. The summed E-state index contributed by atoms with van der Waals surface area (Å²) in [7, 11) is 0. The highest BCUT2D eigenvalue weighted by atomic mass is 16.4. The highest BCUT2D eigenvalue weighted by Crippen LogP contribution is 2.09. The number of hydrogen-bond acceptors (Lipinski definition) is 4. The monoisotopic (exact) mass is 221 g/mol. The van der Waals surface area contributed by atoms with Gasteiger partial charge in [-0.1, -0.05) is 6.07 Å². The van der Waals surface area contributed by atoms with Crippen LogP contribution in [0.25, 0.3) is 0 Å². The summed E-state index contributed by atoms with van der Waals surface area (Å²) in [5.41, 5.74) is 1.05. The maximum Gasteiger partial charge on any atom is 0.322 e. The van der Waals surface area contributed by atoms with Crippen LogP contribution in [-0.2, 0) is 11.3 Å². The number of rotatable bonds is 3. The maximum absolute atomic E-state index is 11.1. The molecule has 0 aromatic carbocycles. The van der Waals surface area contributed by atoms with Crippen molar-refractivity contribution in [2.75, 3.05) is 19.6 Å². The zero-order valence-electron chi connectivity index (χ0n) is 8.97. The molecule has 5 nitrogen and oxygen atoms in total. The van der Waals surface area contributed by atoms with E-state index in [2.05, 4.69) is 10.3 Å². The summed E-state index contributed by atoms with van der Waals surface area (Å²) in [4.78, 5) is 17.1. The van der Waals surface area contributed by atoms with Gasteiger partial charge in [0.2, 0.25) is 0 Å². The number of carboxylic acid groups (broad SMARTS) is 1. The molecule has 0 bridgehead atoms. The highest BCUT2D eigenvalue weighted by molar-refractivity contribution is 5.73. The molecule has 2 N–H and O–H groups in total. The Morgan fingerprint density at radius 3 is 3.25 bits per heavy atom. The van der Waals surface area contributed by atoms with Crippen LogP contribution >= 0.6 is 0 Å². The number of carbonyl (C=O) groups is 1. The minimum Gasteiger partial charge on any atom is -0.480 e. The maximum atomic E-state index is 11.1. The molecular weight excluding hydrogens is 206 g/mol. The van der Waals surface area contributed by atoms with Crippen molar-refractivity contribution in [2.45, 2.75) is 12.6 Å². The van der Waals surface area contributed by atoms with Gasteiger partial charge >= 0.3 is 5.97 Å². The summed E-state index contributed by atoms with van der Waals surface area (Å²) in [5.74, 6) is -0.768. The van der Waals surface area contributed by atoms with Crippen molar-refractivity contribution >= 4 is 5.97 Å². The van der Waals surface area contributed by atoms with Crippen molar-refractivity contribution in [3.63, 3.8) is 0 Å². The molecule has 2 heterocycles. The molecule has 1 aromatic heterocycles. The van der Waals surface area contributed by atoms with E-state index in [9.17, 15) is 4.79 Å². The molecule has 1 saturated heterocycles. The predicted octanol–water partition coefficient (Wildman–Crippen LogP) is -0.0600. The molecule has 0 aliphatic carbocycles. The molecule has 1 aromatic rings. The van der Waals surface area contributed by atoms with Crippen molar-refractivity contribution in [1.29, 1.82) is 0 Å².